The second-order valence-electron chi connectivity index (χ2n) is 4.11. The number of carbonyl (C=O) groups excluding carboxylic acids is 1. The number of esters is 1. The maximum Gasteiger partial charge on any atom is 0.330 e. The Kier molecular flexibility index (Phi) is 3.77. The molecule has 0 aliphatic heterocycles. The van der Waals surface area contributed by atoms with Crippen LogP contribution in [0.2, 0.25) is 0 Å². The number of rotatable bonds is 4. The number of nitrogens with one attached hydrogen (secondary N) is 1. The number of benzene rings is 1. The van der Waals surface area contributed by atoms with E-state index >= 15 is 0 Å². The number of allylic oxidation sites excluding steroid dienone is 1. The normalized spacial score (nSPS) is 11.2. The van der Waals surface area contributed by atoms with E-state index in [1.54, 1.807) is 13.1 Å². The van der Waals surface area contributed by atoms with Gasteiger partial charge in [-0.2, -0.15) is 5.10 Å². The summed E-state index contributed by atoms with van der Waals surface area (Å²) >= 11 is 0. The Morgan fingerprint density at radius 3 is 3.11 bits per heavy atom. The van der Waals surface area contributed by atoms with E-state index in [9.17, 15) is 4.79 Å². The number of H-pyrrole nitrogens is 1. The van der Waals surface area contributed by atoms with Gasteiger partial charge in [0, 0.05) is 11.5 Å². The number of fused-ring (bicyclic) bond motifs is 1. The van der Waals surface area contributed by atoms with Crippen molar-refractivity contribution in [3.63, 3.8) is 0 Å². The molecule has 0 aliphatic rings. The van der Waals surface area contributed by atoms with E-state index in [1.165, 1.54) is 6.08 Å². The third kappa shape index (κ3) is 2.77. The lowest BCUT2D eigenvalue weighted by Gasteiger charge is -2.01. The SMILES string of the molecule is CCOC(=O)C=CCc1cc(C)c2[nH]ncc2c1. The number of aromatic amines is 1. The first-order valence-electron chi connectivity index (χ1n) is 5.96. The summed E-state index contributed by atoms with van der Waals surface area (Å²) in [5, 5.41) is 8.08. The van der Waals surface area contributed by atoms with Crippen LogP contribution in [0.4, 0.5) is 0 Å². The third-order valence-corrected chi connectivity index (χ3v) is 2.70. The van der Waals surface area contributed by atoms with Gasteiger partial charge in [-0.25, -0.2) is 4.79 Å². The number of carbonyl (C=O) groups is 1. The minimum absolute atomic E-state index is 0.293. The lowest BCUT2D eigenvalue weighted by molar-refractivity contribution is -0.137. The highest BCUT2D eigenvalue weighted by molar-refractivity contribution is 5.83. The summed E-state index contributed by atoms with van der Waals surface area (Å²) in [5.41, 5.74) is 3.37. The third-order valence-electron chi connectivity index (χ3n) is 2.70. The number of hydrogen-bond donors (Lipinski definition) is 1. The fourth-order valence-electron chi connectivity index (χ4n) is 1.91. The first-order chi connectivity index (χ1) is 8.70. The highest BCUT2D eigenvalue weighted by Gasteiger charge is 2.02. The van der Waals surface area contributed by atoms with Crippen molar-refractivity contribution in [2.24, 2.45) is 0 Å². The molecule has 0 amide bonds. The summed E-state index contributed by atoms with van der Waals surface area (Å²) in [7, 11) is 0. The van der Waals surface area contributed by atoms with Gasteiger partial charge in [0.15, 0.2) is 0 Å². The molecular formula is C14H16N2O2. The second kappa shape index (κ2) is 5.49. The van der Waals surface area contributed by atoms with E-state index in [1.807, 2.05) is 13.0 Å². The average molecular weight is 244 g/mol. The van der Waals surface area contributed by atoms with Crippen molar-refractivity contribution in [3.8, 4) is 0 Å². The molecule has 94 valence electrons. The van der Waals surface area contributed by atoms with E-state index in [0.717, 1.165) is 22.0 Å². The van der Waals surface area contributed by atoms with Gasteiger partial charge in [-0.05, 0) is 37.5 Å². The lowest BCUT2D eigenvalue weighted by Crippen LogP contribution is -1.99. The van der Waals surface area contributed by atoms with E-state index in [0.29, 0.717) is 13.0 Å². The molecule has 1 aromatic carbocycles. The molecule has 0 bridgehead atoms. The lowest BCUT2D eigenvalue weighted by atomic mass is 10.1. The predicted octanol–water partition coefficient (Wildman–Crippen LogP) is 2.53. The Balaban J connectivity index is 2.10. The first kappa shape index (κ1) is 12.4. The second-order valence-corrected chi connectivity index (χ2v) is 4.11. The van der Waals surface area contributed by atoms with Gasteiger partial charge in [0.25, 0.3) is 0 Å². The van der Waals surface area contributed by atoms with E-state index in [4.69, 9.17) is 4.74 Å². The molecule has 2 aromatic rings. The van der Waals surface area contributed by atoms with Crippen LogP contribution in [0, 0.1) is 6.92 Å². The molecule has 4 heteroatoms. The first-order valence-corrected chi connectivity index (χ1v) is 5.96. The van der Waals surface area contributed by atoms with Crippen molar-refractivity contribution in [2.45, 2.75) is 20.3 Å². The molecule has 18 heavy (non-hydrogen) atoms. The molecule has 1 heterocycles. The maximum atomic E-state index is 11.1. The summed E-state index contributed by atoms with van der Waals surface area (Å²) in [6.45, 7) is 4.24. The Hall–Kier alpha value is -2.10. The molecule has 1 aromatic heterocycles. The summed E-state index contributed by atoms with van der Waals surface area (Å²) < 4.78 is 4.82. The molecule has 0 saturated carbocycles. The van der Waals surface area contributed by atoms with Crippen LogP contribution in [0.25, 0.3) is 10.9 Å². The zero-order valence-electron chi connectivity index (χ0n) is 10.6. The van der Waals surface area contributed by atoms with Crippen molar-refractivity contribution >= 4 is 16.9 Å². The van der Waals surface area contributed by atoms with Crippen LogP contribution in [0.3, 0.4) is 0 Å². The molecule has 0 aliphatic carbocycles. The van der Waals surface area contributed by atoms with Crippen LogP contribution in [0.5, 0.6) is 0 Å². The Morgan fingerprint density at radius 2 is 2.33 bits per heavy atom. The molecule has 4 nitrogen and oxygen atoms in total. The van der Waals surface area contributed by atoms with Crippen molar-refractivity contribution < 1.29 is 9.53 Å². The number of aromatic nitrogens is 2. The van der Waals surface area contributed by atoms with Gasteiger partial charge in [-0.1, -0.05) is 12.1 Å². The number of hydrogen-bond acceptors (Lipinski definition) is 3. The minimum atomic E-state index is -0.293. The predicted molar refractivity (Wildman–Crippen MR) is 70.3 cm³/mol. The summed E-state index contributed by atoms with van der Waals surface area (Å²) in [6.07, 6.45) is 5.80. The van der Waals surface area contributed by atoms with Crippen LogP contribution >= 0.6 is 0 Å². The maximum absolute atomic E-state index is 11.1. The highest BCUT2D eigenvalue weighted by Crippen LogP contribution is 2.18. The van der Waals surface area contributed by atoms with Gasteiger partial charge in [0.1, 0.15) is 0 Å². The standard InChI is InChI=1S/C14H16N2O2/c1-3-18-13(17)6-4-5-11-7-10(2)14-12(8-11)9-15-16-14/h4,6-9H,3,5H2,1-2H3,(H,15,16). The molecule has 1 N–H and O–H groups in total. The largest absolute Gasteiger partial charge is 0.463 e. The quantitative estimate of drug-likeness (QED) is 0.664. The highest BCUT2D eigenvalue weighted by atomic mass is 16.5. The average Bonchev–Trinajstić information content (AvgIpc) is 2.78. The Morgan fingerprint density at radius 1 is 1.50 bits per heavy atom. The zero-order chi connectivity index (χ0) is 13.0. The molecule has 0 radical (unpaired) electrons. The topological polar surface area (TPSA) is 55.0 Å². The Bertz CT molecular complexity index is 584. The summed E-state index contributed by atoms with van der Waals surface area (Å²) in [4.78, 5) is 11.1. The van der Waals surface area contributed by atoms with Crippen LogP contribution in [0.1, 0.15) is 18.1 Å². The summed E-state index contributed by atoms with van der Waals surface area (Å²) in [6, 6.07) is 4.16. The minimum Gasteiger partial charge on any atom is -0.463 e. The number of ether oxygens (including phenoxy) is 1. The molecule has 2 rings (SSSR count). The van der Waals surface area contributed by atoms with Gasteiger partial charge in [-0.3, -0.25) is 5.10 Å². The zero-order valence-corrected chi connectivity index (χ0v) is 10.6. The molecular weight excluding hydrogens is 228 g/mol. The molecule has 0 atom stereocenters. The van der Waals surface area contributed by atoms with Crippen LogP contribution in [-0.2, 0) is 16.0 Å². The monoisotopic (exact) mass is 244 g/mol. The number of aryl methyl sites for hydroxylation is 1. The molecule has 0 unspecified atom stereocenters. The fourth-order valence-corrected chi connectivity index (χ4v) is 1.91. The van der Waals surface area contributed by atoms with Gasteiger partial charge < -0.3 is 4.74 Å². The van der Waals surface area contributed by atoms with Crippen molar-refractivity contribution in [1.82, 2.24) is 10.2 Å². The van der Waals surface area contributed by atoms with E-state index in [2.05, 4.69) is 22.3 Å². The molecule has 0 fully saturated rings. The Labute approximate surface area is 106 Å². The van der Waals surface area contributed by atoms with Crippen molar-refractivity contribution in [3.05, 3.63) is 41.6 Å². The van der Waals surface area contributed by atoms with E-state index in [-0.39, 0.29) is 5.97 Å². The van der Waals surface area contributed by atoms with Gasteiger partial charge in [-0.15, -0.1) is 0 Å². The van der Waals surface area contributed by atoms with Crippen LogP contribution in [-0.4, -0.2) is 22.8 Å². The molecule has 0 spiro atoms. The van der Waals surface area contributed by atoms with Gasteiger partial charge >= 0.3 is 5.97 Å². The van der Waals surface area contributed by atoms with Gasteiger partial charge in [0.05, 0.1) is 18.3 Å². The van der Waals surface area contributed by atoms with Crippen molar-refractivity contribution in [1.29, 1.82) is 0 Å². The van der Waals surface area contributed by atoms with Crippen LogP contribution in [0.15, 0.2) is 30.5 Å². The van der Waals surface area contributed by atoms with Gasteiger partial charge in [0.2, 0.25) is 0 Å². The van der Waals surface area contributed by atoms with Crippen LogP contribution < -0.4 is 0 Å². The van der Waals surface area contributed by atoms with E-state index < -0.39 is 0 Å². The molecule has 0 saturated heterocycles. The number of nitrogens with zero attached hydrogens (tertiary/aromatic N) is 1. The van der Waals surface area contributed by atoms with Crippen molar-refractivity contribution in [2.75, 3.05) is 6.61 Å². The summed E-state index contributed by atoms with van der Waals surface area (Å²) in [5.74, 6) is -0.293. The fraction of sp³-hybridized carbons (Fsp3) is 0.286. The smallest absolute Gasteiger partial charge is 0.330 e.